The molecule has 1 aromatic rings. The van der Waals surface area contributed by atoms with Crippen LogP contribution in [0.3, 0.4) is 0 Å². The molecule has 0 radical (unpaired) electrons. The highest BCUT2D eigenvalue weighted by molar-refractivity contribution is 6.29. The normalized spacial score (nSPS) is 13.0. The van der Waals surface area contributed by atoms with Crippen LogP contribution in [0.1, 0.15) is 13.8 Å². The van der Waals surface area contributed by atoms with E-state index in [9.17, 15) is 14.4 Å². The summed E-state index contributed by atoms with van der Waals surface area (Å²) in [6.07, 6.45) is -1.74. The Morgan fingerprint density at radius 2 is 1.88 bits per heavy atom. The zero-order chi connectivity index (χ0) is 18.1. The Kier molecular flexibility index (Phi) is 7.56. The predicted octanol–water partition coefficient (Wildman–Crippen LogP) is 0.564. The zero-order valence-corrected chi connectivity index (χ0v) is 13.8. The van der Waals surface area contributed by atoms with E-state index in [0.29, 0.717) is 0 Å². The molecule has 0 fully saturated rings. The van der Waals surface area contributed by atoms with E-state index >= 15 is 0 Å². The molecule has 0 amide bonds. The molecule has 0 aliphatic rings. The van der Waals surface area contributed by atoms with Gasteiger partial charge in [-0.1, -0.05) is 11.6 Å². The molecule has 0 aliphatic carbocycles. The van der Waals surface area contributed by atoms with Crippen LogP contribution in [0.15, 0.2) is 17.2 Å². The molecule has 0 unspecified atom stereocenters. The molecular weight excluding hydrogens is 344 g/mol. The maximum absolute atomic E-state index is 11.7. The van der Waals surface area contributed by atoms with Crippen LogP contribution in [-0.2, 0) is 28.6 Å². The van der Waals surface area contributed by atoms with Crippen molar-refractivity contribution in [2.45, 2.75) is 26.1 Å². The second-order valence-corrected chi connectivity index (χ2v) is 4.65. The predicted molar refractivity (Wildman–Crippen MR) is 82.3 cm³/mol. The van der Waals surface area contributed by atoms with E-state index in [-0.39, 0.29) is 11.0 Å². The molecule has 11 heteroatoms. The number of esters is 3. The van der Waals surface area contributed by atoms with Gasteiger partial charge >= 0.3 is 17.9 Å². The minimum absolute atomic E-state index is 0.197. The molecule has 0 saturated heterocycles. The summed E-state index contributed by atoms with van der Waals surface area (Å²) in [6.45, 7) is 2.22. The average molecular weight is 359 g/mol. The highest BCUT2D eigenvalue weighted by Crippen LogP contribution is 2.08. The summed E-state index contributed by atoms with van der Waals surface area (Å²) in [5.41, 5.74) is 2.49. The number of aromatic nitrogens is 2. The van der Waals surface area contributed by atoms with E-state index in [1.807, 2.05) is 0 Å². The van der Waals surface area contributed by atoms with E-state index in [0.717, 1.165) is 27.2 Å². The highest BCUT2D eigenvalue weighted by Gasteiger charge is 2.34. The summed E-state index contributed by atoms with van der Waals surface area (Å²) in [7, 11) is 1.10. The van der Waals surface area contributed by atoms with Gasteiger partial charge in [0.25, 0.3) is 0 Å². The fourth-order valence-electron chi connectivity index (χ4n) is 1.46. The third-order valence-electron chi connectivity index (χ3n) is 2.36. The maximum atomic E-state index is 11.7. The number of rotatable bonds is 7. The van der Waals surface area contributed by atoms with E-state index in [2.05, 4.69) is 25.5 Å². The fourth-order valence-corrected chi connectivity index (χ4v) is 1.56. The summed E-state index contributed by atoms with van der Waals surface area (Å²) in [6, 6.07) is 2.98. The van der Waals surface area contributed by atoms with Crippen molar-refractivity contribution in [1.29, 1.82) is 0 Å². The first kappa shape index (κ1) is 19.3. The minimum atomic E-state index is -1.50. The Labute approximate surface area is 142 Å². The van der Waals surface area contributed by atoms with Crippen LogP contribution in [0.5, 0.6) is 0 Å². The minimum Gasteiger partial charge on any atom is -0.466 e. The topological polar surface area (TPSA) is 129 Å². The molecule has 0 saturated carbocycles. The molecule has 1 N–H and O–H groups in total. The number of nitrogens with one attached hydrogen (secondary N) is 1. The van der Waals surface area contributed by atoms with Gasteiger partial charge in [0.05, 0.1) is 13.3 Å². The summed E-state index contributed by atoms with van der Waals surface area (Å²) in [5.74, 6) is -2.13. The van der Waals surface area contributed by atoms with Gasteiger partial charge in [-0.05, 0) is 12.1 Å². The quantitative estimate of drug-likeness (QED) is 0.321. The number of hydrogen-bond acceptors (Lipinski definition) is 10. The third-order valence-corrected chi connectivity index (χ3v) is 2.56. The lowest BCUT2D eigenvalue weighted by atomic mass is 10.2. The van der Waals surface area contributed by atoms with Crippen molar-refractivity contribution in [3.63, 3.8) is 0 Å². The summed E-state index contributed by atoms with van der Waals surface area (Å²) < 4.78 is 14.3. The molecule has 0 spiro atoms. The molecule has 10 nitrogen and oxygen atoms in total. The number of hydrogen-bond donors (Lipinski definition) is 1. The van der Waals surface area contributed by atoms with Crippen molar-refractivity contribution in [2.24, 2.45) is 5.10 Å². The number of carbonyl (C=O) groups is 3. The third kappa shape index (κ3) is 6.57. The molecule has 1 heterocycles. The molecule has 2 atom stereocenters. The number of nitrogens with zero attached hydrogens (tertiary/aromatic N) is 3. The Morgan fingerprint density at radius 3 is 2.38 bits per heavy atom. The van der Waals surface area contributed by atoms with Gasteiger partial charge in [0.2, 0.25) is 6.10 Å². The Bertz CT molecular complexity index is 621. The lowest BCUT2D eigenvalue weighted by Gasteiger charge is -2.21. The number of hydrazone groups is 1. The Hall–Kier alpha value is -2.75. The van der Waals surface area contributed by atoms with Crippen molar-refractivity contribution in [2.75, 3.05) is 12.5 Å². The smallest absolute Gasteiger partial charge is 0.351 e. The number of carbonyl (C=O) groups excluding carboxylic acids is 3. The van der Waals surface area contributed by atoms with Gasteiger partial charge in [0.1, 0.15) is 0 Å². The van der Waals surface area contributed by atoms with Gasteiger partial charge in [0.15, 0.2) is 17.1 Å². The number of methoxy groups -OCH3 is 1. The average Bonchev–Trinajstić information content (AvgIpc) is 2.52. The van der Waals surface area contributed by atoms with E-state index in [1.165, 1.54) is 12.1 Å². The first-order chi connectivity index (χ1) is 11.3. The van der Waals surface area contributed by atoms with Gasteiger partial charge in [0, 0.05) is 13.8 Å². The van der Waals surface area contributed by atoms with Crippen LogP contribution in [0.25, 0.3) is 0 Å². The van der Waals surface area contributed by atoms with Crippen LogP contribution < -0.4 is 5.43 Å². The Balaban J connectivity index is 2.90. The first-order valence-corrected chi connectivity index (χ1v) is 6.92. The van der Waals surface area contributed by atoms with Gasteiger partial charge in [-0.25, -0.2) is 4.79 Å². The van der Waals surface area contributed by atoms with Crippen molar-refractivity contribution in [3.05, 3.63) is 17.3 Å². The first-order valence-electron chi connectivity index (χ1n) is 6.54. The van der Waals surface area contributed by atoms with Crippen LogP contribution in [0.2, 0.25) is 5.15 Å². The lowest BCUT2D eigenvalue weighted by molar-refractivity contribution is -0.174. The number of halogens is 1. The highest BCUT2D eigenvalue weighted by atomic mass is 35.5. The molecule has 1 aromatic heterocycles. The number of ether oxygens (including phenoxy) is 3. The maximum Gasteiger partial charge on any atom is 0.351 e. The van der Waals surface area contributed by atoms with Gasteiger partial charge in [-0.2, -0.15) is 5.10 Å². The van der Waals surface area contributed by atoms with E-state index in [1.54, 1.807) is 0 Å². The van der Waals surface area contributed by atoms with Crippen LogP contribution in [-0.4, -0.2) is 53.6 Å². The number of anilines is 1. The van der Waals surface area contributed by atoms with Crippen molar-refractivity contribution in [3.8, 4) is 0 Å². The molecule has 24 heavy (non-hydrogen) atoms. The lowest BCUT2D eigenvalue weighted by Crippen LogP contribution is -2.42. The van der Waals surface area contributed by atoms with E-state index in [4.69, 9.17) is 21.1 Å². The summed E-state index contributed by atoms with van der Waals surface area (Å²) in [4.78, 5) is 34.1. The van der Waals surface area contributed by atoms with Crippen LogP contribution in [0.4, 0.5) is 5.82 Å². The summed E-state index contributed by atoms with van der Waals surface area (Å²) in [5, 5.41) is 11.3. The van der Waals surface area contributed by atoms with E-state index < -0.39 is 30.1 Å². The van der Waals surface area contributed by atoms with Crippen molar-refractivity contribution >= 4 is 41.5 Å². The molecule has 0 aromatic carbocycles. The van der Waals surface area contributed by atoms with Crippen molar-refractivity contribution < 1.29 is 28.6 Å². The zero-order valence-electron chi connectivity index (χ0n) is 13.1. The standard InChI is InChI=1S/C13H15ClN4O6/c1-7(19)23-9(12(13(21)22-3)24-8(2)20)6-15-17-11-5-4-10(14)16-18-11/h4-6,9,12H,1-3H3,(H,17,18)/b15-6+/t9-,12+/m0/s1. The van der Waals surface area contributed by atoms with Gasteiger partial charge in [-0.3, -0.25) is 15.0 Å². The second kappa shape index (κ2) is 9.40. The molecule has 0 aliphatic heterocycles. The summed E-state index contributed by atoms with van der Waals surface area (Å²) >= 11 is 5.60. The fraction of sp³-hybridized carbons (Fsp3) is 0.385. The second-order valence-electron chi connectivity index (χ2n) is 4.26. The van der Waals surface area contributed by atoms with Gasteiger partial charge in [-0.15, -0.1) is 10.2 Å². The SMILES string of the molecule is COC(=O)[C@H](OC(C)=O)[C@H](/C=N/Nc1ccc(Cl)nn1)OC(C)=O. The Morgan fingerprint density at radius 1 is 1.21 bits per heavy atom. The monoisotopic (exact) mass is 358 g/mol. The van der Waals surface area contributed by atoms with Crippen LogP contribution in [0, 0.1) is 0 Å². The molecular formula is C13H15ClN4O6. The molecule has 0 bridgehead atoms. The largest absolute Gasteiger partial charge is 0.466 e. The molecule has 1 rings (SSSR count). The van der Waals surface area contributed by atoms with Crippen molar-refractivity contribution in [1.82, 2.24) is 10.2 Å². The molecule has 130 valence electrons. The van der Waals surface area contributed by atoms with Crippen LogP contribution >= 0.6 is 11.6 Å². The van der Waals surface area contributed by atoms with Gasteiger partial charge < -0.3 is 14.2 Å².